The summed E-state index contributed by atoms with van der Waals surface area (Å²) >= 11 is 0. The normalized spacial score (nSPS) is 15.8. The molecule has 0 bridgehead atoms. The number of piperidine rings is 1. The first-order chi connectivity index (χ1) is 11.1. The SMILES string of the molecule is Cc1nnc(C2CCN(C(=O)CCc3ccc(F)cc3)CC2)o1. The number of nitrogens with zero attached hydrogens (tertiary/aromatic N) is 3. The van der Waals surface area contributed by atoms with E-state index < -0.39 is 0 Å². The Morgan fingerprint density at radius 3 is 2.57 bits per heavy atom. The number of benzene rings is 1. The van der Waals surface area contributed by atoms with E-state index in [1.807, 2.05) is 4.90 Å². The summed E-state index contributed by atoms with van der Waals surface area (Å²) in [5, 5.41) is 7.93. The predicted molar refractivity (Wildman–Crippen MR) is 82.3 cm³/mol. The van der Waals surface area contributed by atoms with E-state index in [-0.39, 0.29) is 17.6 Å². The van der Waals surface area contributed by atoms with Gasteiger partial charge in [0.1, 0.15) is 5.82 Å². The van der Waals surface area contributed by atoms with Crippen LogP contribution in [0.5, 0.6) is 0 Å². The zero-order chi connectivity index (χ0) is 16.2. The summed E-state index contributed by atoms with van der Waals surface area (Å²) in [6.07, 6.45) is 2.80. The Morgan fingerprint density at radius 2 is 1.96 bits per heavy atom. The first-order valence-corrected chi connectivity index (χ1v) is 7.94. The molecule has 0 atom stereocenters. The lowest BCUT2D eigenvalue weighted by molar-refractivity contribution is -0.132. The van der Waals surface area contributed by atoms with Crippen LogP contribution in [0.4, 0.5) is 4.39 Å². The molecule has 2 heterocycles. The van der Waals surface area contributed by atoms with Crippen molar-refractivity contribution in [2.45, 2.75) is 38.5 Å². The summed E-state index contributed by atoms with van der Waals surface area (Å²) in [6.45, 7) is 3.22. The summed E-state index contributed by atoms with van der Waals surface area (Å²) in [6, 6.07) is 6.31. The van der Waals surface area contributed by atoms with Crippen molar-refractivity contribution in [2.24, 2.45) is 0 Å². The lowest BCUT2D eigenvalue weighted by Gasteiger charge is -2.30. The molecule has 1 amide bonds. The highest BCUT2D eigenvalue weighted by Gasteiger charge is 2.26. The minimum absolute atomic E-state index is 0.148. The smallest absolute Gasteiger partial charge is 0.222 e. The van der Waals surface area contributed by atoms with Gasteiger partial charge in [-0.25, -0.2) is 4.39 Å². The average Bonchev–Trinajstić information content (AvgIpc) is 3.01. The quantitative estimate of drug-likeness (QED) is 0.870. The second-order valence-corrected chi connectivity index (χ2v) is 5.94. The van der Waals surface area contributed by atoms with Gasteiger partial charge in [0.15, 0.2) is 0 Å². The van der Waals surface area contributed by atoms with Crippen LogP contribution in [-0.2, 0) is 11.2 Å². The van der Waals surface area contributed by atoms with Gasteiger partial charge in [-0.05, 0) is 37.0 Å². The van der Waals surface area contributed by atoms with Crippen LogP contribution in [-0.4, -0.2) is 34.1 Å². The van der Waals surface area contributed by atoms with E-state index in [0.29, 0.717) is 37.7 Å². The summed E-state index contributed by atoms with van der Waals surface area (Å²) in [5.41, 5.74) is 0.982. The molecular formula is C17H20FN3O2. The summed E-state index contributed by atoms with van der Waals surface area (Å²) in [5.74, 6) is 1.41. The van der Waals surface area contributed by atoms with Gasteiger partial charge < -0.3 is 9.32 Å². The van der Waals surface area contributed by atoms with Crippen molar-refractivity contribution < 1.29 is 13.6 Å². The Morgan fingerprint density at radius 1 is 1.26 bits per heavy atom. The molecular weight excluding hydrogens is 297 g/mol. The van der Waals surface area contributed by atoms with Gasteiger partial charge in [-0.15, -0.1) is 10.2 Å². The molecule has 2 aromatic rings. The van der Waals surface area contributed by atoms with Crippen molar-refractivity contribution in [3.05, 3.63) is 47.4 Å². The van der Waals surface area contributed by atoms with Crippen molar-refractivity contribution in [2.75, 3.05) is 13.1 Å². The molecule has 1 fully saturated rings. The van der Waals surface area contributed by atoms with E-state index in [2.05, 4.69) is 10.2 Å². The van der Waals surface area contributed by atoms with E-state index in [0.717, 1.165) is 18.4 Å². The third kappa shape index (κ3) is 3.94. The van der Waals surface area contributed by atoms with Crippen molar-refractivity contribution in [3.8, 4) is 0 Å². The molecule has 1 aromatic carbocycles. The lowest BCUT2D eigenvalue weighted by Crippen LogP contribution is -2.38. The molecule has 0 aliphatic carbocycles. The van der Waals surface area contributed by atoms with Crippen molar-refractivity contribution in [1.82, 2.24) is 15.1 Å². The maximum Gasteiger partial charge on any atom is 0.222 e. The van der Waals surface area contributed by atoms with E-state index in [9.17, 15) is 9.18 Å². The highest BCUT2D eigenvalue weighted by molar-refractivity contribution is 5.76. The summed E-state index contributed by atoms with van der Waals surface area (Å²) in [4.78, 5) is 14.2. The van der Waals surface area contributed by atoms with Crippen LogP contribution in [0.2, 0.25) is 0 Å². The summed E-state index contributed by atoms with van der Waals surface area (Å²) < 4.78 is 18.3. The monoisotopic (exact) mass is 317 g/mol. The molecule has 0 unspecified atom stereocenters. The molecule has 23 heavy (non-hydrogen) atoms. The van der Waals surface area contributed by atoms with Gasteiger partial charge in [-0.2, -0.15) is 0 Å². The van der Waals surface area contributed by atoms with E-state index in [4.69, 9.17) is 4.42 Å². The molecule has 1 saturated heterocycles. The Bertz CT molecular complexity index is 661. The number of rotatable bonds is 4. The van der Waals surface area contributed by atoms with Gasteiger partial charge in [0, 0.05) is 32.4 Å². The first kappa shape index (κ1) is 15.6. The zero-order valence-corrected chi connectivity index (χ0v) is 13.2. The standard InChI is InChI=1S/C17H20FN3O2/c1-12-19-20-17(23-12)14-8-10-21(11-9-14)16(22)7-4-13-2-5-15(18)6-3-13/h2-3,5-6,14H,4,7-11H2,1H3. The van der Waals surface area contributed by atoms with Crippen molar-refractivity contribution >= 4 is 5.91 Å². The van der Waals surface area contributed by atoms with Gasteiger partial charge in [-0.1, -0.05) is 12.1 Å². The number of carbonyl (C=O) groups excluding carboxylic acids is 1. The Hall–Kier alpha value is -2.24. The highest BCUT2D eigenvalue weighted by atomic mass is 19.1. The summed E-state index contributed by atoms with van der Waals surface area (Å²) in [7, 11) is 0. The lowest BCUT2D eigenvalue weighted by atomic mass is 9.96. The van der Waals surface area contributed by atoms with E-state index >= 15 is 0 Å². The third-order valence-corrected chi connectivity index (χ3v) is 4.28. The zero-order valence-electron chi connectivity index (χ0n) is 13.2. The second kappa shape index (κ2) is 6.89. The fraction of sp³-hybridized carbons (Fsp3) is 0.471. The Kier molecular flexibility index (Phi) is 4.69. The topological polar surface area (TPSA) is 59.2 Å². The number of amides is 1. The largest absolute Gasteiger partial charge is 0.425 e. The molecule has 6 heteroatoms. The number of aromatic nitrogens is 2. The molecule has 122 valence electrons. The van der Waals surface area contributed by atoms with Crippen molar-refractivity contribution in [1.29, 1.82) is 0 Å². The second-order valence-electron chi connectivity index (χ2n) is 5.94. The molecule has 0 saturated carbocycles. The van der Waals surface area contributed by atoms with Crippen LogP contribution in [0.3, 0.4) is 0 Å². The van der Waals surface area contributed by atoms with Gasteiger partial charge in [0.05, 0.1) is 0 Å². The van der Waals surface area contributed by atoms with Crippen LogP contribution in [0.15, 0.2) is 28.7 Å². The number of likely N-dealkylation sites (tertiary alicyclic amines) is 1. The predicted octanol–water partition coefficient (Wildman–Crippen LogP) is 2.86. The van der Waals surface area contributed by atoms with Crippen molar-refractivity contribution in [3.63, 3.8) is 0 Å². The molecule has 1 aliphatic heterocycles. The number of hydrogen-bond donors (Lipinski definition) is 0. The number of hydrogen-bond acceptors (Lipinski definition) is 4. The van der Waals surface area contributed by atoms with Crippen LogP contribution >= 0.6 is 0 Å². The number of carbonyl (C=O) groups is 1. The fourth-order valence-electron chi connectivity index (χ4n) is 2.91. The first-order valence-electron chi connectivity index (χ1n) is 7.94. The van der Waals surface area contributed by atoms with Gasteiger partial charge in [0.2, 0.25) is 17.7 Å². The number of halogens is 1. The van der Waals surface area contributed by atoms with E-state index in [1.165, 1.54) is 12.1 Å². The maximum atomic E-state index is 12.9. The molecule has 0 spiro atoms. The van der Waals surface area contributed by atoms with Gasteiger partial charge >= 0.3 is 0 Å². The average molecular weight is 317 g/mol. The fourth-order valence-corrected chi connectivity index (χ4v) is 2.91. The number of aryl methyl sites for hydroxylation is 2. The molecule has 1 aliphatic rings. The maximum absolute atomic E-state index is 12.9. The Labute approximate surface area is 134 Å². The van der Waals surface area contributed by atoms with Crippen LogP contribution in [0.25, 0.3) is 0 Å². The van der Waals surface area contributed by atoms with Crippen LogP contribution in [0.1, 0.15) is 42.5 Å². The molecule has 1 aromatic heterocycles. The Balaban J connectivity index is 1.47. The van der Waals surface area contributed by atoms with Crippen LogP contribution in [0, 0.1) is 12.7 Å². The molecule has 0 N–H and O–H groups in total. The molecule has 3 rings (SSSR count). The highest BCUT2D eigenvalue weighted by Crippen LogP contribution is 2.27. The van der Waals surface area contributed by atoms with Gasteiger partial charge in [0.25, 0.3) is 0 Å². The third-order valence-electron chi connectivity index (χ3n) is 4.28. The van der Waals surface area contributed by atoms with E-state index in [1.54, 1.807) is 19.1 Å². The minimum atomic E-state index is -0.251. The molecule has 0 radical (unpaired) electrons. The van der Waals surface area contributed by atoms with Gasteiger partial charge in [-0.3, -0.25) is 4.79 Å². The molecule has 5 nitrogen and oxygen atoms in total. The van der Waals surface area contributed by atoms with Crippen LogP contribution < -0.4 is 0 Å². The minimum Gasteiger partial charge on any atom is -0.425 e.